The van der Waals surface area contributed by atoms with Crippen LogP contribution in [0.4, 0.5) is 0 Å². The van der Waals surface area contributed by atoms with E-state index in [-0.39, 0.29) is 11.6 Å². The Morgan fingerprint density at radius 2 is 1.81 bits per heavy atom. The second-order valence-corrected chi connectivity index (χ2v) is 6.36. The van der Waals surface area contributed by atoms with E-state index < -0.39 is 0 Å². The third-order valence-corrected chi connectivity index (χ3v) is 5.32. The van der Waals surface area contributed by atoms with E-state index in [9.17, 15) is 0 Å². The number of rotatable bonds is 10. The van der Waals surface area contributed by atoms with E-state index >= 15 is 0 Å². The molecule has 4 heteroatoms. The van der Waals surface area contributed by atoms with Crippen LogP contribution in [0.2, 0.25) is 0 Å². The van der Waals surface area contributed by atoms with Crippen LogP contribution in [0, 0.1) is 0 Å². The highest BCUT2D eigenvalue weighted by Crippen LogP contribution is 2.40. The molecule has 1 rings (SSSR count). The van der Waals surface area contributed by atoms with Gasteiger partial charge in [0, 0.05) is 5.54 Å². The summed E-state index contributed by atoms with van der Waals surface area (Å²) in [6.07, 6.45) is 5.09. The average Bonchev–Trinajstić information content (AvgIpc) is 2.92. The number of nitrogens with one attached hydrogen (secondary N) is 1. The van der Waals surface area contributed by atoms with Crippen molar-refractivity contribution in [1.82, 2.24) is 10.2 Å². The molecule has 1 heterocycles. The van der Waals surface area contributed by atoms with Crippen LogP contribution in [-0.2, 0) is 0 Å². The molecule has 0 saturated heterocycles. The van der Waals surface area contributed by atoms with Gasteiger partial charge >= 0.3 is 0 Å². The third kappa shape index (κ3) is 3.91. The fraction of sp³-hybridized carbons (Fsp3) is 0.765. The summed E-state index contributed by atoms with van der Waals surface area (Å²) in [5.41, 5.74) is 0.0824. The lowest BCUT2D eigenvalue weighted by atomic mass is 9.81. The summed E-state index contributed by atoms with van der Waals surface area (Å²) in [4.78, 5) is 2.58. The first-order chi connectivity index (χ1) is 10.1. The summed E-state index contributed by atoms with van der Waals surface area (Å²) in [6, 6.07) is 2.20. The van der Waals surface area contributed by atoms with Crippen LogP contribution in [0.5, 0.6) is 0 Å². The van der Waals surface area contributed by atoms with Crippen LogP contribution in [0.1, 0.15) is 65.7 Å². The summed E-state index contributed by atoms with van der Waals surface area (Å²) in [5.74, 6) is 1.03. The Bertz CT molecular complexity index is 397. The van der Waals surface area contributed by atoms with Gasteiger partial charge in [0.25, 0.3) is 0 Å². The number of hydrogen-bond donors (Lipinski definition) is 1. The number of likely N-dealkylation sites (N-methyl/N-ethyl adjacent to an activating group) is 1. The average molecular weight is 359 g/mol. The van der Waals surface area contributed by atoms with Gasteiger partial charge in [-0.25, -0.2) is 0 Å². The normalized spacial score (nSPS) is 13.9. The minimum atomic E-state index is 0.0824. The van der Waals surface area contributed by atoms with Crippen molar-refractivity contribution in [3.05, 3.63) is 22.6 Å². The van der Waals surface area contributed by atoms with E-state index in [2.05, 4.69) is 60.8 Å². The van der Waals surface area contributed by atoms with Crippen LogP contribution in [0.15, 0.2) is 21.2 Å². The predicted octanol–water partition coefficient (Wildman–Crippen LogP) is 4.98. The van der Waals surface area contributed by atoms with Gasteiger partial charge in [0.1, 0.15) is 5.76 Å². The first-order valence-electron chi connectivity index (χ1n) is 8.32. The highest BCUT2D eigenvalue weighted by molar-refractivity contribution is 9.10. The smallest absolute Gasteiger partial charge is 0.136 e. The quantitative estimate of drug-likeness (QED) is 0.638. The molecule has 1 atom stereocenters. The van der Waals surface area contributed by atoms with Gasteiger partial charge < -0.3 is 9.73 Å². The van der Waals surface area contributed by atoms with E-state index in [0.29, 0.717) is 0 Å². The molecule has 1 aromatic rings. The summed E-state index contributed by atoms with van der Waals surface area (Å²) in [6.45, 7) is 14.4. The fourth-order valence-corrected chi connectivity index (χ4v) is 3.90. The lowest BCUT2D eigenvalue weighted by Gasteiger charge is -2.47. The molecule has 1 N–H and O–H groups in total. The second kappa shape index (κ2) is 8.96. The minimum absolute atomic E-state index is 0.0824. The van der Waals surface area contributed by atoms with Gasteiger partial charge in [0.15, 0.2) is 0 Å². The monoisotopic (exact) mass is 358 g/mol. The summed E-state index contributed by atoms with van der Waals surface area (Å²) in [7, 11) is 0. The van der Waals surface area contributed by atoms with Crippen LogP contribution in [0.3, 0.4) is 0 Å². The van der Waals surface area contributed by atoms with Crippen molar-refractivity contribution in [2.45, 2.75) is 65.5 Å². The molecule has 1 aromatic heterocycles. The molecule has 0 aliphatic carbocycles. The standard InChI is InChI=1S/C17H31BrN2O/c1-6-12-19-16(15-14(18)11-13-21-15)17(7-2,8-3)20(9-4)10-5/h11,13,16,19H,6-10,12H2,1-5H3. The molecule has 21 heavy (non-hydrogen) atoms. The molecule has 0 bridgehead atoms. The summed E-state index contributed by atoms with van der Waals surface area (Å²) < 4.78 is 6.90. The van der Waals surface area contributed by atoms with E-state index in [1.54, 1.807) is 6.26 Å². The maximum absolute atomic E-state index is 5.84. The Balaban J connectivity index is 3.26. The van der Waals surface area contributed by atoms with Gasteiger partial charge in [-0.05, 0) is 60.9 Å². The largest absolute Gasteiger partial charge is 0.466 e. The molecular weight excluding hydrogens is 328 g/mol. The van der Waals surface area contributed by atoms with E-state index in [1.165, 1.54) is 0 Å². The zero-order valence-corrected chi connectivity index (χ0v) is 15.8. The Kier molecular flexibility index (Phi) is 7.99. The van der Waals surface area contributed by atoms with E-state index in [4.69, 9.17) is 4.42 Å². The molecule has 0 spiro atoms. The van der Waals surface area contributed by atoms with Gasteiger partial charge in [-0.15, -0.1) is 0 Å². The van der Waals surface area contributed by atoms with Crippen LogP contribution < -0.4 is 5.32 Å². The maximum atomic E-state index is 5.84. The van der Waals surface area contributed by atoms with Gasteiger partial charge in [0.05, 0.1) is 16.8 Å². The second-order valence-electron chi connectivity index (χ2n) is 5.50. The van der Waals surface area contributed by atoms with Gasteiger partial charge in [0.2, 0.25) is 0 Å². The van der Waals surface area contributed by atoms with Crippen LogP contribution in [0.25, 0.3) is 0 Å². The molecule has 0 aromatic carbocycles. The maximum Gasteiger partial charge on any atom is 0.136 e. The highest BCUT2D eigenvalue weighted by atomic mass is 79.9. The van der Waals surface area contributed by atoms with Gasteiger partial charge in [-0.3, -0.25) is 4.90 Å². The zero-order valence-electron chi connectivity index (χ0n) is 14.2. The van der Waals surface area contributed by atoms with Crippen molar-refractivity contribution in [2.24, 2.45) is 0 Å². The van der Waals surface area contributed by atoms with Crippen molar-refractivity contribution in [2.75, 3.05) is 19.6 Å². The van der Waals surface area contributed by atoms with Crippen molar-refractivity contribution < 1.29 is 4.42 Å². The van der Waals surface area contributed by atoms with E-state index in [0.717, 1.165) is 49.1 Å². The van der Waals surface area contributed by atoms with Crippen molar-refractivity contribution >= 4 is 15.9 Å². The predicted molar refractivity (Wildman–Crippen MR) is 93.7 cm³/mol. The molecule has 0 saturated carbocycles. The summed E-state index contributed by atoms with van der Waals surface area (Å²) in [5, 5.41) is 3.74. The Hall–Kier alpha value is -0.320. The number of halogens is 1. The fourth-order valence-electron chi connectivity index (χ4n) is 3.47. The van der Waals surface area contributed by atoms with Gasteiger partial charge in [-0.1, -0.05) is 34.6 Å². The Morgan fingerprint density at radius 3 is 2.19 bits per heavy atom. The molecule has 0 fully saturated rings. The highest BCUT2D eigenvalue weighted by Gasteiger charge is 2.42. The lowest BCUT2D eigenvalue weighted by molar-refractivity contribution is 0.0406. The lowest BCUT2D eigenvalue weighted by Crippen LogP contribution is -2.56. The first kappa shape index (κ1) is 18.7. The molecule has 0 radical (unpaired) electrons. The topological polar surface area (TPSA) is 28.4 Å². The van der Waals surface area contributed by atoms with Crippen molar-refractivity contribution in [1.29, 1.82) is 0 Å². The Morgan fingerprint density at radius 1 is 1.19 bits per heavy atom. The number of hydrogen-bond acceptors (Lipinski definition) is 3. The Labute approximate surface area is 138 Å². The molecule has 0 aliphatic rings. The van der Waals surface area contributed by atoms with Crippen LogP contribution in [-0.4, -0.2) is 30.1 Å². The first-order valence-corrected chi connectivity index (χ1v) is 9.11. The van der Waals surface area contributed by atoms with Gasteiger partial charge in [-0.2, -0.15) is 0 Å². The van der Waals surface area contributed by atoms with Crippen molar-refractivity contribution in [3.8, 4) is 0 Å². The molecule has 122 valence electrons. The molecule has 3 nitrogen and oxygen atoms in total. The molecule has 0 amide bonds. The molecule has 0 aliphatic heterocycles. The molecule has 1 unspecified atom stereocenters. The number of nitrogens with zero attached hydrogens (tertiary/aromatic N) is 1. The van der Waals surface area contributed by atoms with Crippen molar-refractivity contribution in [3.63, 3.8) is 0 Å². The third-order valence-electron chi connectivity index (χ3n) is 4.66. The summed E-state index contributed by atoms with van der Waals surface area (Å²) >= 11 is 3.65. The minimum Gasteiger partial charge on any atom is -0.466 e. The number of furan rings is 1. The van der Waals surface area contributed by atoms with Crippen LogP contribution >= 0.6 is 15.9 Å². The SMILES string of the molecule is CCCNC(c1occc1Br)C(CC)(CC)N(CC)CC. The molecular formula is C17H31BrN2O. The van der Waals surface area contributed by atoms with E-state index in [1.807, 2.05) is 6.07 Å². The zero-order chi connectivity index (χ0) is 15.9.